The Hall–Kier alpha value is -4.64. The minimum atomic E-state index is -0.698. The molecule has 7 nitrogen and oxygen atoms in total. The SMILES string of the molecule is N#Cc1ccc(C(=O)c2ccc(-c3cnc4[nH]cc(/C=C/C(N)=O)c4n3)cc2F)cc1. The summed E-state index contributed by atoms with van der Waals surface area (Å²) >= 11 is 0. The number of benzene rings is 2. The number of nitriles is 1. The molecule has 0 aliphatic carbocycles. The van der Waals surface area contributed by atoms with Crippen LogP contribution < -0.4 is 5.73 Å². The van der Waals surface area contributed by atoms with Crippen LogP contribution in [-0.4, -0.2) is 26.6 Å². The van der Waals surface area contributed by atoms with Crippen molar-refractivity contribution in [3.05, 3.63) is 89.0 Å². The number of aromatic amines is 1. The Kier molecular flexibility index (Phi) is 5.08. The van der Waals surface area contributed by atoms with Crippen LogP contribution in [0.1, 0.15) is 27.0 Å². The summed E-state index contributed by atoms with van der Waals surface area (Å²) in [5.74, 6) is -1.78. The van der Waals surface area contributed by atoms with Crippen molar-refractivity contribution in [1.82, 2.24) is 15.0 Å². The van der Waals surface area contributed by atoms with Crippen LogP contribution in [0.25, 0.3) is 28.5 Å². The van der Waals surface area contributed by atoms with Gasteiger partial charge in [0.05, 0.1) is 29.1 Å². The van der Waals surface area contributed by atoms with E-state index in [2.05, 4.69) is 15.0 Å². The lowest BCUT2D eigenvalue weighted by Crippen LogP contribution is -2.05. The van der Waals surface area contributed by atoms with Crippen LogP contribution in [0.4, 0.5) is 4.39 Å². The molecule has 4 aromatic rings. The quantitative estimate of drug-likeness (QED) is 0.385. The number of primary amides is 1. The summed E-state index contributed by atoms with van der Waals surface area (Å²) in [7, 11) is 0. The minimum Gasteiger partial charge on any atom is -0.366 e. The fourth-order valence-corrected chi connectivity index (χ4v) is 3.06. The molecular formula is C23H14FN5O2. The molecule has 3 N–H and O–H groups in total. The smallest absolute Gasteiger partial charge is 0.241 e. The van der Waals surface area contributed by atoms with Gasteiger partial charge in [-0.2, -0.15) is 5.26 Å². The number of ketones is 1. The second kappa shape index (κ2) is 8.00. The van der Waals surface area contributed by atoms with Crippen molar-refractivity contribution in [1.29, 1.82) is 5.26 Å². The minimum absolute atomic E-state index is 0.0887. The van der Waals surface area contributed by atoms with E-state index in [4.69, 9.17) is 11.0 Å². The van der Waals surface area contributed by atoms with Crippen molar-refractivity contribution in [2.24, 2.45) is 5.73 Å². The molecule has 0 aliphatic heterocycles. The van der Waals surface area contributed by atoms with E-state index in [-0.39, 0.29) is 11.1 Å². The molecule has 0 atom stereocenters. The lowest BCUT2D eigenvalue weighted by atomic mass is 10.00. The Balaban J connectivity index is 1.68. The predicted molar refractivity (Wildman–Crippen MR) is 112 cm³/mol. The monoisotopic (exact) mass is 411 g/mol. The first kappa shape index (κ1) is 19.7. The highest BCUT2D eigenvalue weighted by Crippen LogP contribution is 2.24. The van der Waals surface area contributed by atoms with Crippen LogP contribution in [0.5, 0.6) is 0 Å². The normalized spacial score (nSPS) is 11.0. The Bertz CT molecular complexity index is 1400. The number of hydrogen-bond acceptors (Lipinski definition) is 5. The van der Waals surface area contributed by atoms with Gasteiger partial charge >= 0.3 is 0 Å². The zero-order chi connectivity index (χ0) is 22.0. The largest absolute Gasteiger partial charge is 0.366 e. The van der Waals surface area contributed by atoms with Crippen molar-refractivity contribution in [2.75, 3.05) is 0 Å². The van der Waals surface area contributed by atoms with Gasteiger partial charge in [-0.1, -0.05) is 6.07 Å². The van der Waals surface area contributed by atoms with Crippen LogP contribution in [-0.2, 0) is 4.79 Å². The van der Waals surface area contributed by atoms with Gasteiger partial charge in [0, 0.05) is 29.0 Å². The van der Waals surface area contributed by atoms with E-state index in [0.717, 1.165) is 0 Å². The lowest BCUT2D eigenvalue weighted by Gasteiger charge is -2.06. The van der Waals surface area contributed by atoms with E-state index in [1.165, 1.54) is 54.7 Å². The molecule has 0 fully saturated rings. The van der Waals surface area contributed by atoms with E-state index in [9.17, 15) is 14.0 Å². The van der Waals surface area contributed by atoms with E-state index in [1.54, 1.807) is 12.3 Å². The van der Waals surface area contributed by atoms with E-state index < -0.39 is 17.5 Å². The molecule has 0 radical (unpaired) electrons. The maximum Gasteiger partial charge on any atom is 0.241 e. The molecule has 2 heterocycles. The molecule has 31 heavy (non-hydrogen) atoms. The molecule has 2 aromatic carbocycles. The Labute approximate surface area is 175 Å². The first-order chi connectivity index (χ1) is 15.0. The molecular weight excluding hydrogens is 397 g/mol. The number of amides is 1. The van der Waals surface area contributed by atoms with Crippen molar-refractivity contribution in [3.63, 3.8) is 0 Å². The average Bonchev–Trinajstić information content (AvgIpc) is 3.19. The number of nitrogens with zero attached hydrogens (tertiary/aromatic N) is 3. The van der Waals surface area contributed by atoms with E-state index in [0.29, 0.717) is 33.5 Å². The molecule has 0 aliphatic rings. The van der Waals surface area contributed by atoms with Crippen molar-refractivity contribution in [3.8, 4) is 17.3 Å². The predicted octanol–water partition coefficient (Wildman–Crippen LogP) is 3.37. The van der Waals surface area contributed by atoms with Gasteiger partial charge in [0.15, 0.2) is 11.4 Å². The number of nitrogens with one attached hydrogen (secondary N) is 1. The second-order valence-electron chi connectivity index (χ2n) is 6.65. The van der Waals surface area contributed by atoms with Gasteiger partial charge in [-0.25, -0.2) is 14.4 Å². The number of aromatic nitrogens is 3. The number of halogens is 1. The summed E-state index contributed by atoms with van der Waals surface area (Å²) < 4.78 is 14.8. The Morgan fingerprint density at radius 1 is 1.16 bits per heavy atom. The molecule has 150 valence electrons. The summed E-state index contributed by atoms with van der Waals surface area (Å²) in [5, 5.41) is 8.86. The first-order valence-electron chi connectivity index (χ1n) is 9.12. The zero-order valence-electron chi connectivity index (χ0n) is 16.0. The van der Waals surface area contributed by atoms with Gasteiger partial charge in [-0.15, -0.1) is 0 Å². The van der Waals surface area contributed by atoms with Gasteiger partial charge in [0.2, 0.25) is 5.91 Å². The molecule has 1 amide bonds. The van der Waals surface area contributed by atoms with E-state index in [1.807, 2.05) is 6.07 Å². The maximum absolute atomic E-state index is 14.8. The second-order valence-corrected chi connectivity index (χ2v) is 6.65. The van der Waals surface area contributed by atoms with Gasteiger partial charge in [0.1, 0.15) is 11.3 Å². The third-order valence-corrected chi connectivity index (χ3v) is 4.62. The fourth-order valence-electron chi connectivity index (χ4n) is 3.06. The number of carbonyl (C=O) groups is 2. The third kappa shape index (κ3) is 3.93. The van der Waals surface area contributed by atoms with E-state index >= 15 is 0 Å². The molecule has 0 spiro atoms. The van der Waals surface area contributed by atoms with Crippen molar-refractivity contribution >= 4 is 28.9 Å². The number of carbonyl (C=O) groups excluding carboxylic acids is 2. The lowest BCUT2D eigenvalue weighted by molar-refractivity contribution is -0.113. The topological polar surface area (TPSA) is 126 Å². The van der Waals surface area contributed by atoms with Gasteiger partial charge in [-0.05, 0) is 42.5 Å². The van der Waals surface area contributed by atoms with Gasteiger partial charge in [0.25, 0.3) is 0 Å². The highest BCUT2D eigenvalue weighted by atomic mass is 19.1. The summed E-state index contributed by atoms with van der Waals surface area (Å²) in [4.78, 5) is 35.3. The van der Waals surface area contributed by atoms with Crippen LogP contribution in [0, 0.1) is 17.1 Å². The Morgan fingerprint density at radius 2 is 1.94 bits per heavy atom. The number of hydrogen-bond donors (Lipinski definition) is 2. The molecule has 4 rings (SSSR count). The van der Waals surface area contributed by atoms with Crippen molar-refractivity contribution in [2.45, 2.75) is 0 Å². The first-order valence-corrected chi connectivity index (χ1v) is 9.12. The summed E-state index contributed by atoms with van der Waals surface area (Å²) in [6.45, 7) is 0. The van der Waals surface area contributed by atoms with Crippen LogP contribution in [0.3, 0.4) is 0 Å². The maximum atomic E-state index is 14.8. The molecule has 0 saturated heterocycles. The van der Waals surface area contributed by atoms with Crippen LogP contribution in [0.15, 0.2) is 60.9 Å². The molecule has 0 bridgehead atoms. The van der Waals surface area contributed by atoms with Gasteiger partial charge in [-0.3, -0.25) is 9.59 Å². The average molecular weight is 411 g/mol. The molecule has 2 aromatic heterocycles. The number of rotatable bonds is 5. The number of nitrogens with two attached hydrogens (primary N) is 1. The summed E-state index contributed by atoms with van der Waals surface area (Å²) in [6, 6.07) is 12.2. The zero-order valence-corrected chi connectivity index (χ0v) is 16.0. The third-order valence-electron chi connectivity index (χ3n) is 4.62. The number of H-pyrrole nitrogens is 1. The highest BCUT2D eigenvalue weighted by molar-refractivity contribution is 6.09. The summed E-state index contributed by atoms with van der Waals surface area (Å²) in [6.07, 6.45) is 5.84. The van der Waals surface area contributed by atoms with Crippen LogP contribution in [0.2, 0.25) is 0 Å². The Morgan fingerprint density at radius 3 is 2.61 bits per heavy atom. The summed E-state index contributed by atoms with van der Waals surface area (Å²) in [5.41, 5.74) is 8.18. The number of fused-ring (bicyclic) bond motifs is 1. The fraction of sp³-hybridized carbons (Fsp3) is 0. The highest BCUT2D eigenvalue weighted by Gasteiger charge is 2.16. The van der Waals surface area contributed by atoms with Crippen LogP contribution >= 0.6 is 0 Å². The molecule has 0 unspecified atom stereocenters. The molecule has 8 heteroatoms. The van der Waals surface area contributed by atoms with Crippen molar-refractivity contribution < 1.29 is 14.0 Å². The van der Waals surface area contributed by atoms with Gasteiger partial charge < -0.3 is 10.7 Å². The standard InChI is InChI=1S/C23H14FN5O2/c24-18-9-15(5-7-17(18)22(31)14-3-1-13(10-25)2-4-14)19-12-28-23-21(29-19)16(11-27-23)6-8-20(26)30/h1-9,11-12H,(H2,26,30)(H,27,28)/b8-6+. The molecule has 0 saturated carbocycles.